The van der Waals surface area contributed by atoms with Crippen LogP contribution in [0.4, 0.5) is 0 Å². The van der Waals surface area contributed by atoms with Crippen molar-refractivity contribution in [3.05, 3.63) is 0 Å². The van der Waals surface area contributed by atoms with E-state index in [0.29, 0.717) is 6.54 Å². The summed E-state index contributed by atoms with van der Waals surface area (Å²) in [5.74, 6) is -0.0981. The Morgan fingerprint density at radius 1 is 1.41 bits per heavy atom. The first-order valence-corrected chi connectivity index (χ1v) is 6.19. The summed E-state index contributed by atoms with van der Waals surface area (Å²) in [7, 11) is 3.74. The van der Waals surface area contributed by atoms with Crippen molar-refractivity contribution in [2.75, 3.05) is 40.4 Å². The maximum Gasteiger partial charge on any atom is 0.224 e. The van der Waals surface area contributed by atoms with Crippen molar-refractivity contribution < 1.29 is 9.53 Å². The van der Waals surface area contributed by atoms with Crippen LogP contribution in [-0.4, -0.2) is 57.2 Å². The average molecular weight is 245 g/mol. The maximum atomic E-state index is 11.6. The van der Waals surface area contributed by atoms with Crippen molar-refractivity contribution in [1.29, 1.82) is 0 Å². The van der Waals surface area contributed by atoms with Crippen LogP contribution in [0.5, 0.6) is 0 Å². The molecule has 0 rings (SSSR count). The number of carbonyl (C=O) groups is 1. The predicted molar refractivity (Wildman–Crippen MR) is 69.8 cm³/mol. The molecule has 5 nitrogen and oxygen atoms in total. The van der Waals surface area contributed by atoms with Crippen molar-refractivity contribution in [2.24, 2.45) is 11.7 Å². The number of nitrogens with two attached hydrogens (primary N) is 1. The number of hydrogen-bond donors (Lipinski definition) is 2. The fourth-order valence-electron chi connectivity index (χ4n) is 1.36. The Morgan fingerprint density at radius 2 is 2.06 bits per heavy atom. The second-order valence-electron chi connectivity index (χ2n) is 4.59. The Morgan fingerprint density at radius 3 is 2.59 bits per heavy atom. The van der Waals surface area contributed by atoms with E-state index in [1.807, 2.05) is 20.9 Å². The van der Waals surface area contributed by atoms with E-state index in [0.717, 1.165) is 26.1 Å². The molecule has 5 heteroatoms. The average Bonchev–Trinajstić information content (AvgIpc) is 2.28. The zero-order chi connectivity index (χ0) is 13.3. The lowest BCUT2D eigenvalue weighted by molar-refractivity contribution is -0.124. The van der Waals surface area contributed by atoms with Crippen LogP contribution >= 0.6 is 0 Å². The molecule has 1 amide bonds. The molecule has 0 fully saturated rings. The van der Waals surface area contributed by atoms with E-state index in [1.165, 1.54) is 0 Å². The van der Waals surface area contributed by atoms with Crippen LogP contribution < -0.4 is 11.1 Å². The minimum Gasteiger partial charge on any atom is -0.385 e. The van der Waals surface area contributed by atoms with E-state index < -0.39 is 0 Å². The number of nitrogens with zero attached hydrogens (tertiary/aromatic N) is 1. The topological polar surface area (TPSA) is 67.6 Å². The van der Waals surface area contributed by atoms with Crippen molar-refractivity contribution in [3.63, 3.8) is 0 Å². The van der Waals surface area contributed by atoms with Crippen LogP contribution in [-0.2, 0) is 9.53 Å². The van der Waals surface area contributed by atoms with Gasteiger partial charge in [0.15, 0.2) is 0 Å². The zero-order valence-corrected chi connectivity index (χ0v) is 11.5. The van der Waals surface area contributed by atoms with Crippen LogP contribution in [0.3, 0.4) is 0 Å². The molecule has 0 aliphatic heterocycles. The third-order valence-corrected chi connectivity index (χ3v) is 2.88. The SMILES string of the molecule is COCCCN(C)CCNC(=O)C(C)C(C)N. The normalized spacial score (nSPS) is 14.7. The summed E-state index contributed by atoms with van der Waals surface area (Å²) in [5.41, 5.74) is 5.66. The van der Waals surface area contributed by atoms with E-state index in [9.17, 15) is 4.79 Å². The summed E-state index contributed by atoms with van der Waals surface area (Å²) in [5, 5.41) is 2.89. The van der Waals surface area contributed by atoms with Crippen LogP contribution in [0.25, 0.3) is 0 Å². The van der Waals surface area contributed by atoms with Crippen LogP contribution in [0.15, 0.2) is 0 Å². The van der Waals surface area contributed by atoms with Crippen molar-refractivity contribution in [3.8, 4) is 0 Å². The lowest BCUT2D eigenvalue weighted by atomic mass is 10.0. The molecule has 0 saturated heterocycles. The van der Waals surface area contributed by atoms with Gasteiger partial charge < -0.3 is 20.7 Å². The van der Waals surface area contributed by atoms with Crippen LogP contribution in [0, 0.1) is 5.92 Å². The molecule has 0 aromatic heterocycles. The lowest BCUT2D eigenvalue weighted by Crippen LogP contribution is -2.41. The fourth-order valence-corrected chi connectivity index (χ4v) is 1.36. The van der Waals surface area contributed by atoms with Crippen molar-refractivity contribution in [2.45, 2.75) is 26.3 Å². The van der Waals surface area contributed by atoms with Gasteiger partial charge in [0.1, 0.15) is 0 Å². The smallest absolute Gasteiger partial charge is 0.224 e. The second kappa shape index (κ2) is 9.39. The molecule has 0 heterocycles. The van der Waals surface area contributed by atoms with Crippen LogP contribution in [0.1, 0.15) is 20.3 Å². The number of ether oxygens (including phenoxy) is 1. The minimum absolute atomic E-state index is 0.0327. The van der Waals surface area contributed by atoms with Gasteiger partial charge in [0, 0.05) is 45.3 Å². The fraction of sp³-hybridized carbons (Fsp3) is 0.917. The molecular weight excluding hydrogens is 218 g/mol. The number of amides is 1. The molecule has 0 bridgehead atoms. The standard InChI is InChI=1S/C12H27N3O2/c1-10(11(2)13)12(16)14-6-8-15(3)7-5-9-17-4/h10-11H,5-9,13H2,1-4H3,(H,14,16). The first-order chi connectivity index (χ1) is 7.99. The largest absolute Gasteiger partial charge is 0.385 e. The van der Waals surface area contributed by atoms with E-state index in [-0.39, 0.29) is 17.9 Å². The van der Waals surface area contributed by atoms with E-state index in [4.69, 9.17) is 10.5 Å². The highest BCUT2D eigenvalue weighted by atomic mass is 16.5. The summed E-state index contributed by atoms with van der Waals surface area (Å²) in [6.45, 7) is 6.97. The highest BCUT2D eigenvalue weighted by Crippen LogP contribution is 1.98. The van der Waals surface area contributed by atoms with Gasteiger partial charge in [-0.2, -0.15) is 0 Å². The molecule has 2 unspecified atom stereocenters. The Bertz CT molecular complexity index is 210. The number of hydrogen-bond acceptors (Lipinski definition) is 4. The first-order valence-electron chi connectivity index (χ1n) is 6.19. The monoisotopic (exact) mass is 245 g/mol. The molecule has 0 aliphatic carbocycles. The molecular formula is C12H27N3O2. The van der Waals surface area contributed by atoms with E-state index in [1.54, 1.807) is 7.11 Å². The first kappa shape index (κ1) is 16.4. The number of nitrogens with one attached hydrogen (secondary N) is 1. The van der Waals surface area contributed by atoms with Gasteiger partial charge in [-0.3, -0.25) is 4.79 Å². The molecule has 0 spiro atoms. The minimum atomic E-state index is -0.131. The molecule has 102 valence electrons. The molecule has 2 atom stereocenters. The number of carbonyl (C=O) groups excluding carboxylic acids is 1. The summed E-state index contributed by atoms with van der Waals surface area (Å²) in [4.78, 5) is 13.8. The van der Waals surface area contributed by atoms with Gasteiger partial charge in [0.2, 0.25) is 5.91 Å². The molecule has 0 aromatic carbocycles. The number of likely N-dealkylation sites (N-methyl/N-ethyl adjacent to an activating group) is 1. The highest BCUT2D eigenvalue weighted by Gasteiger charge is 2.16. The molecule has 0 radical (unpaired) electrons. The summed E-state index contributed by atoms with van der Waals surface area (Å²) >= 11 is 0. The van der Waals surface area contributed by atoms with Gasteiger partial charge >= 0.3 is 0 Å². The van der Waals surface area contributed by atoms with Crippen LogP contribution in [0.2, 0.25) is 0 Å². The van der Waals surface area contributed by atoms with E-state index >= 15 is 0 Å². The summed E-state index contributed by atoms with van der Waals surface area (Å²) in [6.07, 6.45) is 1.01. The molecule has 0 aliphatic rings. The van der Waals surface area contributed by atoms with Gasteiger partial charge in [-0.1, -0.05) is 6.92 Å². The summed E-state index contributed by atoms with van der Waals surface area (Å²) in [6, 6.07) is -0.102. The Balaban J connectivity index is 3.58. The van der Waals surface area contributed by atoms with Gasteiger partial charge in [-0.25, -0.2) is 0 Å². The predicted octanol–water partition coefficient (Wildman–Crippen LogP) is 0.0542. The van der Waals surface area contributed by atoms with Crippen molar-refractivity contribution >= 4 is 5.91 Å². The Kier molecular flexibility index (Phi) is 9.03. The molecule has 0 aromatic rings. The van der Waals surface area contributed by atoms with Gasteiger partial charge in [0.05, 0.1) is 0 Å². The van der Waals surface area contributed by atoms with Gasteiger partial charge in [-0.15, -0.1) is 0 Å². The van der Waals surface area contributed by atoms with Gasteiger partial charge in [-0.05, 0) is 20.4 Å². The quantitative estimate of drug-likeness (QED) is 0.563. The molecule has 0 saturated carbocycles. The third kappa shape index (κ3) is 8.12. The van der Waals surface area contributed by atoms with Crippen molar-refractivity contribution in [1.82, 2.24) is 10.2 Å². The second-order valence-corrected chi connectivity index (χ2v) is 4.59. The Labute approximate surface area is 105 Å². The maximum absolute atomic E-state index is 11.6. The molecule has 17 heavy (non-hydrogen) atoms. The molecule has 3 N–H and O–H groups in total. The Hall–Kier alpha value is -0.650. The summed E-state index contributed by atoms with van der Waals surface area (Å²) < 4.78 is 4.98. The third-order valence-electron chi connectivity index (χ3n) is 2.88. The number of methoxy groups -OCH3 is 1. The van der Waals surface area contributed by atoms with E-state index in [2.05, 4.69) is 10.2 Å². The van der Waals surface area contributed by atoms with Gasteiger partial charge in [0.25, 0.3) is 0 Å². The lowest BCUT2D eigenvalue weighted by Gasteiger charge is -2.19. The highest BCUT2D eigenvalue weighted by molar-refractivity contribution is 5.78. The number of rotatable bonds is 9. The zero-order valence-electron chi connectivity index (χ0n) is 11.5.